The van der Waals surface area contributed by atoms with E-state index in [4.69, 9.17) is 5.73 Å². The second-order valence-corrected chi connectivity index (χ2v) is 3.52. The van der Waals surface area contributed by atoms with Crippen LogP contribution in [-0.2, 0) is 9.59 Å². The van der Waals surface area contributed by atoms with E-state index in [1.54, 1.807) is 13.8 Å². The van der Waals surface area contributed by atoms with Gasteiger partial charge in [-0.3, -0.25) is 20.4 Å². The fourth-order valence-electron chi connectivity index (χ4n) is 0.680. The molecule has 0 unspecified atom stereocenters. The van der Waals surface area contributed by atoms with Crippen molar-refractivity contribution in [1.29, 1.82) is 0 Å². The Kier molecular flexibility index (Phi) is 5.86. The van der Waals surface area contributed by atoms with Crippen LogP contribution in [0.15, 0.2) is 0 Å². The van der Waals surface area contributed by atoms with Gasteiger partial charge in [0.25, 0.3) is 5.91 Å². The summed E-state index contributed by atoms with van der Waals surface area (Å²) in [7, 11) is 0. The maximum Gasteiger partial charge on any atom is 0.352 e. The summed E-state index contributed by atoms with van der Waals surface area (Å²) < 4.78 is 0. The first kappa shape index (κ1) is 14.2. The van der Waals surface area contributed by atoms with Crippen LogP contribution < -0.4 is 27.4 Å². The fraction of sp³-hybridized carbons (Fsp3) is 0.625. The number of amides is 4. The highest BCUT2D eigenvalue weighted by Crippen LogP contribution is 1.96. The van der Waals surface area contributed by atoms with E-state index in [9.17, 15) is 14.4 Å². The standard InChI is InChI=1S/C8H17N5O3/c1-4(2)6(9)7(15)11-13-8(16)12-10-5(3)14/h4,6H,9H2,1-3H3,(H,10,14)(H,11,15)(H2,12,13,16)/t6-/m0/s1. The highest BCUT2D eigenvalue weighted by molar-refractivity contribution is 5.85. The van der Waals surface area contributed by atoms with Crippen molar-refractivity contribution >= 4 is 17.8 Å². The number of hydrogen-bond acceptors (Lipinski definition) is 4. The third kappa shape index (κ3) is 5.81. The quantitative estimate of drug-likeness (QED) is 0.365. The topological polar surface area (TPSA) is 125 Å². The summed E-state index contributed by atoms with van der Waals surface area (Å²) in [6.07, 6.45) is 0. The second-order valence-electron chi connectivity index (χ2n) is 3.52. The molecule has 92 valence electrons. The van der Waals surface area contributed by atoms with Gasteiger partial charge in [-0.05, 0) is 5.92 Å². The van der Waals surface area contributed by atoms with Crippen LogP contribution in [0.4, 0.5) is 4.79 Å². The van der Waals surface area contributed by atoms with Crippen molar-refractivity contribution in [3.05, 3.63) is 0 Å². The number of hydrogen-bond donors (Lipinski definition) is 5. The number of hydrazine groups is 2. The predicted octanol–water partition coefficient (Wildman–Crippen LogP) is -1.65. The Morgan fingerprint density at radius 1 is 1.00 bits per heavy atom. The van der Waals surface area contributed by atoms with Gasteiger partial charge in [0, 0.05) is 6.92 Å². The van der Waals surface area contributed by atoms with E-state index in [1.165, 1.54) is 6.92 Å². The normalized spacial score (nSPS) is 11.6. The Morgan fingerprint density at radius 2 is 1.50 bits per heavy atom. The Labute approximate surface area is 93.3 Å². The lowest BCUT2D eigenvalue weighted by Gasteiger charge is -2.15. The van der Waals surface area contributed by atoms with Crippen LogP contribution in [0.3, 0.4) is 0 Å². The van der Waals surface area contributed by atoms with E-state index < -0.39 is 23.9 Å². The summed E-state index contributed by atoms with van der Waals surface area (Å²) in [4.78, 5) is 32.6. The zero-order valence-electron chi connectivity index (χ0n) is 9.46. The molecule has 0 radical (unpaired) electrons. The Bertz CT molecular complexity index is 279. The molecule has 0 rings (SSSR count). The molecule has 0 aromatic rings. The largest absolute Gasteiger partial charge is 0.352 e. The molecule has 16 heavy (non-hydrogen) atoms. The monoisotopic (exact) mass is 231 g/mol. The minimum atomic E-state index is -0.764. The van der Waals surface area contributed by atoms with Gasteiger partial charge in [0.15, 0.2) is 0 Å². The van der Waals surface area contributed by atoms with Gasteiger partial charge in [-0.15, -0.1) is 0 Å². The van der Waals surface area contributed by atoms with E-state index in [2.05, 4.69) is 5.43 Å². The van der Waals surface area contributed by atoms with E-state index in [0.717, 1.165) is 0 Å². The van der Waals surface area contributed by atoms with Crippen molar-refractivity contribution in [2.75, 3.05) is 0 Å². The van der Waals surface area contributed by atoms with Gasteiger partial charge >= 0.3 is 6.03 Å². The zero-order chi connectivity index (χ0) is 12.7. The molecule has 0 saturated heterocycles. The molecule has 0 aliphatic rings. The molecule has 1 atom stereocenters. The number of nitrogens with two attached hydrogens (primary N) is 1. The molecule has 0 spiro atoms. The molecule has 0 aromatic carbocycles. The summed E-state index contributed by atoms with van der Waals surface area (Å²) in [5.74, 6) is -0.978. The van der Waals surface area contributed by atoms with Gasteiger partial charge in [-0.1, -0.05) is 13.8 Å². The van der Waals surface area contributed by atoms with Crippen molar-refractivity contribution in [2.45, 2.75) is 26.8 Å². The maximum absolute atomic E-state index is 11.3. The Hall–Kier alpha value is -1.83. The van der Waals surface area contributed by atoms with Crippen molar-refractivity contribution < 1.29 is 14.4 Å². The van der Waals surface area contributed by atoms with E-state index in [1.807, 2.05) is 16.3 Å². The molecule has 6 N–H and O–H groups in total. The summed E-state index contributed by atoms with van der Waals surface area (Å²) in [5.41, 5.74) is 13.7. The van der Waals surface area contributed by atoms with Crippen molar-refractivity contribution in [3.8, 4) is 0 Å². The van der Waals surface area contributed by atoms with E-state index in [0.29, 0.717) is 0 Å². The van der Waals surface area contributed by atoms with Crippen LogP contribution in [0.5, 0.6) is 0 Å². The fourth-order valence-corrected chi connectivity index (χ4v) is 0.680. The summed E-state index contributed by atoms with van der Waals surface area (Å²) in [6.45, 7) is 4.79. The highest BCUT2D eigenvalue weighted by atomic mass is 16.2. The number of carbonyl (C=O) groups is 3. The number of urea groups is 1. The van der Waals surface area contributed by atoms with Gasteiger partial charge in [-0.25, -0.2) is 15.6 Å². The minimum Gasteiger partial charge on any atom is -0.320 e. The molecule has 8 heteroatoms. The van der Waals surface area contributed by atoms with Crippen molar-refractivity contribution in [3.63, 3.8) is 0 Å². The molecular formula is C8H17N5O3. The predicted molar refractivity (Wildman–Crippen MR) is 56.4 cm³/mol. The van der Waals surface area contributed by atoms with E-state index >= 15 is 0 Å². The lowest BCUT2D eigenvalue weighted by Crippen LogP contribution is -2.56. The number of rotatable bonds is 2. The first-order valence-corrected chi connectivity index (χ1v) is 4.72. The molecule has 0 aliphatic heterocycles. The van der Waals surface area contributed by atoms with Gasteiger partial charge in [0.2, 0.25) is 5.91 Å². The van der Waals surface area contributed by atoms with Gasteiger partial charge in [-0.2, -0.15) is 0 Å². The molecular weight excluding hydrogens is 214 g/mol. The maximum atomic E-state index is 11.3. The molecule has 0 bridgehead atoms. The molecule has 0 aromatic heterocycles. The smallest absolute Gasteiger partial charge is 0.320 e. The van der Waals surface area contributed by atoms with Crippen molar-refractivity contribution in [1.82, 2.24) is 21.7 Å². The second kappa shape index (κ2) is 6.62. The van der Waals surface area contributed by atoms with Crippen molar-refractivity contribution in [2.24, 2.45) is 11.7 Å². The van der Waals surface area contributed by atoms with Gasteiger partial charge in [0.05, 0.1) is 6.04 Å². The minimum absolute atomic E-state index is 0.0415. The Morgan fingerprint density at radius 3 is 1.94 bits per heavy atom. The molecule has 0 aliphatic carbocycles. The van der Waals surface area contributed by atoms with Crippen LogP contribution in [-0.4, -0.2) is 23.9 Å². The molecule has 4 amide bonds. The summed E-state index contributed by atoms with van der Waals surface area (Å²) in [6, 6.07) is -1.47. The Balaban J connectivity index is 3.83. The van der Waals surface area contributed by atoms with Crippen LogP contribution in [0.2, 0.25) is 0 Å². The summed E-state index contributed by atoms with van der Waals surface area (Å²) >= 11 is 0. The van der Waals surface area contributed by atoms with Gasteiger partial charge in [0.1, 0.15) is 0 Å². The lowest BCUT2D eigenvalue weighted by molar-refractivity contribution is -0.123. The van der Waals surface area contributed by atoms with Crippen LogP contribution in [0.1, 0.15) is 20.8 Å². The highest BCUT2D eigenvalue weighted by Gasteiger charge is 2.17. The van der Waals surface area contributed by atoms with Gasteiger partial charge < -0.3 is 5.73 Å². The average molecular weight is 231 g/mol. The zero-order valence-corrected chi connectivity index (χ0v) is 9.46. The molecule has 0 heterocycles. The van der Waals surface area contributed by atoms with Crippen LogP contribution in [0, 0.1) is 5.92 Å². The van der Waals surface area contributed by atoms with E-state index in [-0.39, 0.29) is 5.92 Å². The first-order chi connectivity index (χ1) is 7.34. The average Bonchev–Trinajstić information content (AvgIpc) is 2.21. The lowest BCUT2D eigenvalue weighted by atomic mass is 10.1. The number of carbonyl (C=O) groups excluding carboxylic acids is 3. The van der Waals surface area contributed by atoms with Crippen LogP contribution in [0.25, 0.3) is 0 Å². The summed E-state index contributed by atoms with van der Waals surface area (Å²) in [5, 5.41) is 0. The molecule has 0 fully saturated rings. The van der Waals surface area contributed by atoms with Crippen LogP contribution >= 0.6 is 0 Å². The molecule has 0 saturated carbocycles. The first-order valence-electron chi connectivity index (χ1n) is 4.72. The third-order valence-electron chi connectivity index (χ3n) is 1.67. The molecule has 8 nitrogen and oxygen atoms in total. The number of nitrogens with one attached hydrogen (secondary N) is 4. The SMILES string of the molecule is CC(=O)NNC(=O)NNC(=O)[C@@H](N)C(C)C. The third-order valence-corrected chi connectivity index (χ3v) is 1.67.